The summed E-state index contributed by atoms with van der Waals surface area (Å²) >= 11 is 1.27. The number of amides is 2. The number of aliphatic carboxylic acids is 1. The molecule has 0 spiro atoms. The third-order valence-electron chi connectivity index (χ3n) is 5.78. The minimum Gasteiger partial charge on any atom is -0.543 e. The van der Waals surface area contributed by atoms with Gasteiger partial charge in [-0.25, -0.2) is 0 Å². The maximum Gasteiger partial charge on any atom is 0.319 e. The number of fused-ring (bicyclic) bond motifs is 2. The fourth-order valence-corrected chi connectivity index (χ4v) is 5.54. The van der Waals surface area contributed by atoms with Crippen molar-refractivity contribution in [1.29, 1.82) is 0 Å². The van der Waals surface area contributed by atoms with Crippen LogP contribution in [0.15, 0.2) is 57.6 Å². The number of aromatic nitrogens is 3. The summed E-state index contributed by atoms with van der Waals surface area (Å²) in [7, 11) is 1.20. The number of nitrogen functional groups attached to an aromatic ring is 1. The normalized spacial score (nSPS) is 19.4. The van der Waals surface area contributed by atoms with Gasteiger partial charge < -0.3 is 35.4 Å². The van der Waals surface area contributed by atoms with Crippen molar-refractivity contribution in [1.82, 2.24) is 20.4 Å². The van der Waals surface area contributed by atoms with Crippen molar-refractivity contribution in [2.24, 2.45) is 5.16 Å². The van der Waals surface area contributed by atoms with Gasteiger partial charge in [-0.15, -0.1) is 11.8 Å². The minimum absolute atomic E-state index is 0.0368. The molecule has 4 heterocycles. The van der Waals surface area contributed by atoms with E-state index in [1.54, 1.807) is 22.9 Å². The zero-order valence-corrected chi connectivity index (χ0v) is 20.0. The number of aromatic hydroxyl groups is 1. The molecule has 2 atom stereocenters. The molecule has 1 unspecified atom stereocenters. The third-order valence-corrected chi connectivity index (χ3v) is 7.12. The average Bonchev–Trinajstić information content (AvgIpc) is 3.31. The zero-order valence-electron chi connectivity index (χ0n) is 19.2. The number of hydrogen-bond acceptors (Lipinski definition) is 12. The summed E-state index contributed by atoms with van der Waals surface area (Å²) in [5, 5.41) is 32.8. The molecule has 3 aromatic rings. The highest BCUT2D eigenvalue weighted by Gasteiger charge is 2.53. The van der Waals surface area contributed by atoms with Gasteiger partial charge in [0.2, 0.25) is 17.7 Å². The molecule has 37 heavy (non-hydrogen) atoms. The van der Waals surface area contributed by atoms with Crippen molar-refractivity contribution >= 4 is 52.0 Å². The second-order valence-electron chi connectivity index (χ2n) is 8.08. The van der Waals surface area contributed by atoms with Gasteiger partial charge in [0, 0.05) is 22.1 Å². The molecule has 4 N–H and O–H groups in total. The summed E-state index contributed by atoms with van der Waals surface area (Å²) in [4.78, 5) is 47.3. The lowest BCUT2D eigenvalue weighted by Crippen LogP contribution is -2.71. The standard InChI is InChI=1S/C22H19N7O7S/c1-35-26-14(17-25-22(23)36-27-17)18(31)24-15-19(32)29-16(21(33)34)11(9-37-20(15)29)7-28-6-10-4-2-3-5-12(10)13(30)8-28/h2-6,8,15,20H,7,9H2,1H3,(H4-,23,24,25,27,30,31,33,34)/b26-14-/t15?,20-/m1/s1. The van der Waals surface area contributed by atoms with Gasteiger partial charge in [-0.1, -0.05) is 28.5 Å². The number of carbonyl (C=O) groups excluding carboxylic acids is 3. The molecular weight excluding hydrogens is 506 g/mol. The second-order valence-corrected chi connectivity index (χ2v) is 9.19. The number of thioether (sulfide) groups is 1. The number of anilines is 1. The fraction of sp³-hybridized carbons (Fsp3) is 0.227. The molecule has 0 aliphatic carbocycles. The van der Waals surface area contributed by atoms with Gasteiger partial charge in [0.05, 0.1) is 11.7 Å². The number of carboxylic acid groups (broad SMARTS) is 1. The number of nitrogens with one attached hydrogen (secondary N) is 1. The molecule has 2 aromatic heterocycles. The molecule has 0 radical (unpaired) electrons. The Bertz CT molecular complexity index is 1500. The highest BCUT2D eigenvalue weighted by atomic mass is 32.2. The van der Waals surface area contributed by atoms with Crippen molar-refractivity contribution < 1.29 is 38.5 Å². The topological polar surface area (TPSA) is 200 Å². The van der Waals surface area contributed by atoms with Crippen LogP contribution < -0.4 is 20.7 Å². The van der Waals surface area contributed by atoms with Crippen LogP contribution in [-0.4, -0.2) is 67.9 Å². The highest BCUT2D eigenvalue weighted by Crippen LogP contribution is 2.40. The first-order valence-corrected chi connectivity index (χ1v) is 11.8. The van der Waals surface area contributed by atoms with Gasteiger partial charge in [-0.3, -0.25) is 14.5 Å². The number of nitrogens with two attached hydrogens (primary N) is 1. The van der Waals surface area contributed by atoms with Crippen LogP contribution in [0.3, 0.4) is 0 Å². The van der Waals surface area contributed by atoms with E-state index in [2.05, 4.69) is 30.0 Å². The predicted molar refractivity (Wildman–Crippen MR) is 125 cm³/mol. The van der Waals surface area contributed by atoms with E-state index >= 15 is 0 Å². The Morgan fingerprint density at radius 3 is 2.89 bits per heavy atom. The van der Waals surface area contributed by atoms with Crippen LogP contribution in [0.25, 0.3) is 10.8 Å². The van der Waals surface area contributed by atoms with E-state index in [1.165, 1.54) is 25.1 Å². The minimum atomic E-state index is -1.52. The number of rotatable bonds is 7. The first-order chi connectivity index (χ1) is 17.8. The number of oxime groups is 1. The quantitative estimate of drug-likeness (QED) is 0.137. The first-order valence-electron chi connectivity index (χ1n) is 10.8. The van der Waals surface area contributed by atoms with Crippen molar-refractivity contribution in [2.75, 3.05) is 18.6 Å². The Hall–Kier alpha value is -4.66. The van der Waals surface area contributed by atoms with Crippen molar-refractivity contribution in [2.45, 2.75) is 18.0 Å². The molecule has 1 saturated heterocycles. The Balaban J connectivity index is 1.38. The summed E-state index contributed by atoms with van der Waals surface area (Å²) in [6.07, 6.45) is 3.26. The molecule has 0 bridgehead atoms. The molecule has 2 aliphatic heterocycles. The van der Waals surface area contributed by atoms with Crippen LogP contribution in [0.5, 0.6) is 5.75 Å². The maximum absolute atomic E-state index is 13.0. The molecule has 14 nitrogen and oxygen atoms in total. The average molecular weight is 526 g/mol. The van der Waals surface area contributed by atoms with E-state index in [0.717, 1.165) is 10.3 Å². The summed E-state index contributed by atoms with van der Waals surface area (Å²) in [6.45, 7) is 0.103. The SMILES string of the molecule is CO/N=C(\C(=O)NC1C(=O)N2C(C(=O)[O-])=C(C[n+]3cc(O)c4ccccc4c3)CS[C@H]12)c1noc(N)n1. The Morgan fingerprint density at radius 1 is 1.41 bits per heavy atom. The lowest BCUT2D eigenvalue weighted by atomic mass is 10.0. The van der Waals surface area contributed by atoms with Crippen LogP contribution in [0.2, 0.25) is 0 Å². The van der Waals surface area contributed by atoms with Crippen LogP contribution in [-0.2, 0) is 25.8 Å². The van der Waals surface area contributed by atoms with Gasteiger partial charge in [0.25, 0.3) is 11.8 Å². The van der Waals surface area contributed by atoms with Gasteiger partial charge in [0.1, 0.15) is 18.5 Å². The molecule has 5 rings (SSSR count). The molecule has 15 heteroatoms. The summed E-state index contributed by atoms with van der Waals surface area (Å²) < 4.78 is 6.29. The van der Waals surface area contributed by atoms with Gasteiger partial charge >= 0.3 is 6.01 Å². The molecule has 1 fully saturated rings. The molecule has 0 saturated carbocycles. The number of hydrogen-bond donors (Lipinski definition) is 3. The van der Waals surface area contributed by atoms with Crippen LogP contribution in [0.4, 0.5) is 6.01 Å². The molecule has 1 aromatic carbocycles. The predicted octanol–water partition coefficient (Wildman–Crippen LogP) is -1.75. The van der Waals surface area contributed by atoms with Crippen LogP contribution >= 0.6 is 11.8 Å². The monoisotopic (exact) mass is 525 g/mol. The largest absolute Gasteiger partial charge is 0.543 e. The first kappa shape index (κ1) is 24.1. The highest BCUT2D eigenvalue weighted by molar-refractivity contribution is 8.00. The molecular formula is C22H19N7O7S. The summed E-state index contributed by atoms with van der Waals surface area (Å²) in [5.41, 5.74) is 5.17. The number of β-lactam (4-membered cyclic amide) rings is 1. The van der Waals surface area contributed by atoms with E-state index in [1.807, 2.05) is 12.1 Å². The third kappa shape index (κ3) is 4.29. The van der Waals surface area contributed by atoms with Crippen molar-refractivity contribution in [3.05, 3.63) is 53.8 Å². The number of pyridine rings is 1. The number of carbonyl (C=O) groups is 3. The summed E-state index contributed by atoms with van der Waals surface area (Å²) in [6, 6.07) is 5.87. The van der Waals surface area contributed by atoms with E-state index in [4.69, 9.17) is 5.73 Å². The Labute approximate surface area is 212 Å². The zero-order chi connectivity index (χ0) is 26.3. The lowest BCUT2D eigenvalue weighted by molar-refractivity contribution is -0.688. The molecule has 190 valence electrons. The van der Waals surface area contributed by atoms with Gasteiger partial charge in [-0.2, -0.15) is 9.55 Å². The number of nitrogens with zero attached hydrogens (tertiary/aromatic N) is 5. The Kier molecular flexibility index (Phi) is 6.12. The van der Waals surface area contributed by atoms with Crippen LogP contribution in [0, 0.1) is 0 Å². The van der Waals surface area contributed by atoms with Crippen molar-refractivity contribution in [3.8, 4) is 5.75 Å². The summed E-state index contributed by atoms with van der Waals surface area (Å²) in [5.74, 6) is -2.97. The van der Waals surface area contributed by atoms with E-state index in [0.29, 0.717) is 11.0 Å². The van der Waals surface area contributed by atoms with Gasteiger partial charge in [-0.05, 0) is 6.07 Å². The van der Waals surface area contributed by atoms with E-state index in [-0.39, 0.29) is 41.3 Å². The second kappa shape index (κ2) is 9.42. The smallest absolute Gasteiger partial charge is 0.319 e. The number of carboxylic acids is 1. The van der Waals surface area contributed by atoms with E-state index < -0.39 is 29.2 Å². The molecule has 2 aliphatic rings. The Morgan fingerprint density at radius 2 is 2.19 bits per heavy atom. The fourth-order valence-electron chi connectivity index (χ4n) is 4.21. The maximum atomic E-state index is 13.0. The number of benzene rings is 1. The lowest BCUT2D eigenvalue weighted by Gasteiger charge is -2.50. The van der Waals surface area contributed by atoms with Crippen molar-refractivity contribution in [3.63, 3.8) is 0 Å². The molecule has 2 amide bonds. The van der Waals surface area contributed by atoms with E-state index in [9.17, 15) is 24.6 Å². The van der Waals surface area contributed by atoms with Crippen LogP contribution in [0.1, 0.15) is 5.82 Å². The van der Waals surface area contributed by atoms with Gasteiger partial charge in [0.15, 0.2) is 18.5 Å².